The fourth-order valence-corrected chi connectivity index (χ4v) is 1.38. The summed E-state index contributed by atoms with van der Waals surface area (Å²) < 4.78 is 5.50. The summed E-state index contributed by atoms with van der Waals surface area (Å²) in [6.45, 7) is 4.78. The van der Waals surface area contributed by atoms with Gasteiger partial charge in [-0.2, -0.15) is 0 Å². The first-order valence-electron chi connectivity index (χ1n) is 5.59. The van der Waals surface area contributed by atoms with Crippen molar-refractivity contribution < 1.29 is 14.9 Å². The Morgan fingerprint density at radius 1 is 1.41 bits per heavy atom. The van der Waals surface area contributed by atoms with Crippen molar-refractivity contribution in [1.29, 1.82) is 0 Å². The van der Waals surface area contributed by atoms with Gasteiger partial charge in [-0.25, -0.2) is 0 Å². The smallest absolute Gasteiger partial charge is 0.124 e. The topological polar surface area (TPSA) is 61.7 Å². The predicted molar refractivity (Wildman–Crippen MR) is 66.9 cm³/mol. The molecule has 4 heteroatoms. The summed E-state index contributed by atoms with van der Waals surface area (Å²) in [5.41, 5.74) is 1.01. The Labute approximate surface area is 102 Å². The molecule has 0 bridgehead atoms. The highest BCUT2D eigenvalue weighted by atomic mass is 16.5. The van der Waals surface area contributed by atoms with Gasteiger partial charge in [0.2, 0.25) is 0 Å². The molecular formula is C13H19NO3. The Kier molecular flexibility index (Phi) is 6.32. The van der Waals surface area contributed by atoms with Crippen molar-refractivity contribution in [1.82, 2.24) is 5.32 Å². The van der Waals surface area contributed by atoms with Crippen LogP contribution in [0.25, 0.3) is 0 Å². The zero-order valence-corrected chi connectivity index (χ0v) is 9.80. The van der Waals surface area contributed by atoms with Crippen LogP contribution in [0.15, 0.2) is 36.9 Å². The lowest BCUT2D eigenvalue weighted by atomic mass is 10.2. The highest BCUT2D eigenvalue weighted by molar-refractivity contribution is 5.33. The van der Waals surface area contributed by atoms with Gasteiger partial charge >= 0.3 is 0 Å². The van der Waals surface area contributed by atoms with Crippen LogP contribution >= 0.6 is 0 Å². The van der Waals surface area contributed by atoms with Gasteiger partial charge in [0, 0.05) is 18.7 Å². The maximum atomic E-state index is 9.19. The van der Waals surface area contributed by atoms with Gasteiger partial charge in [-0.15, -0.1) is 0 Å². The van der Waals surface area contributed by atoms with Crippen LogP contribution in [0.2, 0.25) is 0 Å². The molecule has 0 aliphatic rings. The van der Waals surface area contributed by atoms with E-state index in [1.807, 2.05) is 24.3 Å². The minimum absolute atomic E-state index is 0.235. The van der Waals surface area contributed by atoms with Gasteiger partial charge in [0.1, 0.15) is 12.4 Å². The van der Waals surface area contributed by atoms with Gasteiger partial charge in [-0.05, 0) is 6.07 Å². The average Bonchev–Trinajstić information content (AvgIpc) is 2.37. The summed E-state index contributed by atoms with van der Waals surface area (Å²) in [5.74, 6) is 0.804. The minimum atomic E-state index is -0.726. The van der Waals surface area contributed by atoms with E-state index in [0.717, 1.165) is 11.3 Å². The summed E-state index contributed by atoms with van der Waals surface area (Å²) in [7, 11) is 0. The van der Waals surface area contributed by atoms with Crippen molar-refractivity contribution in [3.05, 3.63) is 42.5 Å². The number of para-hydroxylation sites is 1. The summed E-state index contributed by atoms with van der Waals surface area (Å²) >= 11 is 0. The molecule has 0 spiro atoms. The molecule has 0 saturated carbocycles. The molecule has 0 radical (unpaired) electrons. The number of hydrogen-bond donors (Lipinski definition) is 3. The van der Waals surface area contributed by atoms with E-state index in [9.17, 15) is 5.11 Å². The molecule has 1 rings (SSSR count). The van der Waals surface area contributed by atoms with Crippen molar-refractivity contribution in [3.63, 3.8) is 0 Å². The molecule has 1 aromatic rings. The molecule has 1 aromatic carbocycles. The first-order valence-corrected chi connectivity index (χ1v) is 5.59. The molecule has 0 amide bonds. The van der Waals surface area contributed by atoms with Crippen LogP contribution in [-0.2, 0) is 6.54 Å². The Balaban J connectivity index is 2.48. The van der Waals surface area contributed by atoms with Crippen LogP contribution in [0.5, 0.6) is 5.75 Å². The largest absolute Gasteiger partial charge is 0.489 e. The standard InChI is InChI=1S/C13H19NO3/c1-2-7-17-13-6-4-3-5-11(13)8-14-9-12(16)10-15/h2-6,12,14-16H,1,7-10H2. The van der Waals surface area contributed by atoms with Gasteiger partial charge in [-0.1, -0.05) is 30.9 Å². The summed E-state index contributed by atoms with van der Waals surface area (Å²) in [6, 6.07) is 7.69. The van der Waals surface area contributed by atoms with Crippen LogP contribution in [0, 0.1) is 0 Å². The van der Waals surface area contributed by atoms with Crippen LogP contribution < -0.4 is 10.1 Å². The number of rotatable bonds is 8. The molecule has 17 heavy (non-hydrogen) atoms. The lowest BCUT2D eigenvalue weighted by Crippen LogP contribution is -2.29. The molecule has 1 unspecified atom stereocenters. The van der Waals surface area contributed by atoms with Crippen LogP contribution in [-0.4, -0.2) is 36.1 Å². The third-order valence-electron chi connectivity index (χ3n) is 2.24. The van der Waals surface area contributed by atoms with Crippen LogP contribution in [0.3, 0.4) is 0 Å². The molecule has 0 fully saturated rings. The number of hydrogen-bond acceptors (Lipinski definition) is 4. The van der Waals surface area contributed by atoms with Gasteiger partial charge in [0.15, 0.2) is 0 Å². The minimum Gasteiger partial charge on any atom is -0.489 e. The molecular weight excluding hydrogens is 218 g/mol. The molecule has 0 aromatic heterocycles. The molecule has 3 N–H and O–H groups in total. The maximum absolute atomic E-state index is 9.19. The molecule has 4 nitrogen and oxygen atoms in total. The van der Waals surface area contributed by atoms with Gasteiger partial charge in [0.25, 0.3) is 0 Å². The molecule has 0 saturated heterocycles. The van der Waals surface area contributed by atoms with Crippen molar-refractivity contribution in [3.8, 4) is 5.75 Å². The molecule has 0 aliphatic heterocycles. The number of nitrogens with one attached hydrogen (secondary N) is 1. The molecule has 94 valence electrons. The van der Waals surface area contributed by atoms with Crippen LogP contribution in [0.4, 0.5) is 0 Å². The van der Waals surface area contributed by atoms with Crippen molar-refractivity contribution in [2.45, 2.75) is 12.6 Å². The monoisotopic (exact) mass is 237 g/mol. The van der Waals surface area contributed by atoms with E-state index in [2.05, 4.69) is 11.9 Å². The SMILES string of the molecule is C=CCOc1ccccc1CNCC(O)CO. The quantitative estimate of drug-likeness (QED) is 0.582. The fourth-order valence-electron chi connectivity index (χ4n) is 1.38. The zero-order chi connectivity index (χ0) is 12.5. The number of ether oxygens (including phenoxy) is 1. The van der Waals surface area contributed by atoms with Crippen molar-refractivity contribution in [2.75, 3.05) is 19.8 Å². The maximum Gasteiger partial charge on any atom is 0.124 e. The van der Waals surface area contributed by atoms with E-state index in [0.29, 0.717) is 19.7 Å². The summed E-state index contributed by atoms with van der Waals surface area (Å²) in [4.78, 5) is 0. The lowest BCUT2D eigenvalue weighted by Gasteiger charge is -2.12. The number of aliphatic hydroxyl groups is 2. The number of aliphatic hydroxyl groups excluding tert-OH is 2. The summed E-state index contributed by atoms with van der Waals surface area (Å²) in [6.07, 6.45) is 0.968. The normalized spacial score (nSPS) is 12.1. The van der Waals surface area contributed by atoms with E-state index in [1.165, 1.54) is 0 Å². The fraction of sp³-hybridized carbons (Fsp3) is 0.385. The second-order valence-electron chi connectivity index (χ2n) is 3.67. The summed E-state index contributed by atoms with van der Waals surface area (Å²) in [5, 5.41) is 20.9. The second kappa shape index (κ2) is 7.84. The van der Waals surface area contributed by atoms with Gasteiger partial charge in [-0.3, -0.25) is 0 Å². The Hall–Kier alpha value is -1.36. The first kappa shape index (κ1) is 13.7. The van der Waals surface area contributed by atoms with E-state index < -0.39 is 6.10 Å². The molecule has 0 heterocycles. The average molecular weight is 237 g/mol. The van der Waals surface area contributed by atoms with E-state index in [4.69, 9.17) is 9.84 Å². The Morgan fingerprint density at radius 2 is 2.18 bits per heavy atom. The Morgan fingerprint density at radius 3 is 2.88 bits per heavy atom. The molecule has 0 aliphatic carbocycles. The Bertz CT molecular complexity index is 341. The van der Waals surface area contributed by atoms with E-state index in [1.54, 1.807) is 6.08 Å². The highest BCUT2D eigenvalue weighted by Crippen LogP contribution is 2.17. The van der Waals surface area contributed by atoms with Gasteiger partial charge in [0.05, 0.1) is 12.7 Å². The van der Waals surface area contributed by atoms with Gasteiger partial charge < -0.3 is 20.3 Å². The van der Waals surface area contributed by atoms with Crippen molar-refractivity contribution >= 4 is 0 Å². The second-order valence-corrected chi connectivity index (χ2v) is 3.67. The van der Waals surface area contributed by atoms with E-state index >= 15 is 0 Å². The third-order valence-corrected chi connectivity index (χ3v) is 2.24. The van der Waals surface area contributed by atoms with Crippen LogP contribution in [0.1, 0.15) is 5.56 Å². The first-order chi connectivity index (χ1) is 8.27. The predicted octanol–water partition coefficient (Wildman–Crippen LogP) is 0.694. The highest BCUT2D eigenvalue weighted by Gasteiger charge is 2.04. The lowest BCUT2D eigenvalue weighted by molar-refractivity contribution is 0.0941. The zero-order valence-electron chi connectivity index (χ0n) is 9.80. The van der Waals surface area contributed by atoms with E-state index in [-0.39, 0.29) is 6.61 Å². The molecule has 1 atom stereocenters. The number of benzene rings is 1. The van der Waals surface area contributed by atoms with Crippen molar-refractivity contribution in [2.24, 2.45) is 0 Å². The third kappa shape index (κ3) is 4.99.